The van der Waals surface area contributed by atoms with Crippen LogP contribution in [0.25, 0.3) is 22.4 Å². The van der Waals surface area contributed by atoms with Crippen LogP contribution in [0.5, 0.6) is 0 Å². The zero-order valence-electron chi connectivity index (χ0n) is 25.9. The Balaban J connectivity index is 1.13. The van der Waals surface area contributed by atoms with Crippen molar-refractivity contribution >= 4 is 18.7 Å². The fourth-order valence-electron chi connectivity index (χ4n) is 7.26. The quantitative estimate of drug-likeness (QED) is 0.361. The van der Waals surface area contributed by atoms with Gasteiger partial charge in [0.2, 0.25) is 0 Å². The van der Waals surface area contributed by atoms with Crippen molar-refractivity contribution in [3.63, 3.8) is 0 Å². The highest BCUT2D eigenvalue weighted by Crippen LogP contribution is 2.50. The highest BCUT2D eigenvalue weighted by Gasteiger charge is 2.52. The van der Waals surface area contributed by atoms with Gasteiger partial charge in [-0.15, -0.1) is 0 Å². The van der Waals surface area contributed by atoms with E-state index in [4.69, 9.17) is 19.0 Å². The Bertz CT molecular complexity index is 1540. The van der Waals surface area contributed by atoms with Gasteiger partial charge in [0.25, 0.3) is 0 Å². The minimum atomic E-state index is -0.521. The number of benzene rings is 2. The summed E-state index contributed by atoms with van der Waals surface area (Å²) < 4.78 is 18.4. The van der Waals surface area contributed by atoms with Crippen molar-refractivity contribution in [1.82, 2.24) is 14.9 Å². The molecule has 2 aliphatic carbocycles. The monoisotopic (exact) mass is 567 g/mol. The number of hydrogen-bond donors (Lipinski definition) is 1. The Morgan fingerprint density at radius 1 is 1.00 bits per heavy atom. The number of rotatable bonds is 3. The summed E-state index contributed by atoms with van der Waals surface area (Å²) in [5.41, 5.74) is 7.21. The maximum atomic E-state index is 13.2. The molecule has 3 atom stereocenters. The molecule has 4 aliphatic rings. The Morgan fingerprint density at radius 2 is 1.67 bits per heavy atom. The van der Waals surface area contributed by atoms with Gasteiger partial charge in [-0.3, -0.25) is 4.90 Å². The van der Waals surface area contributed by atoms with E-state index in [0.29, 0.717) is 5.92 Å². The van der Waals surface area contributed by atoms with Crippen LogP contribution in [0, 0.1) is 5.92 Å². The van der Waals surface area contributed by atoms with Gasteiger partial charge in [0.05, 0.1) is 29.1 Å². The van der Waals surface area contributed by atoms with Crippen molar-refractivity contribution in [3.8, 4) is 22.4 Å². The molecule has 1 aromatic heterocycles. The molecule has 42 heavy (non-hydrogen) atoms. The Morgan fingerprint density at radius 3 is 2.36 bits per heavy atom. The standard InChI is InChI=1S/C34H42BN3O4/c1-32(2,3)40-31(39)38-25-13-10-23(18-25)29(38)30-36-19-28(37-30)22-11-14-26-20(16-22)8-9-21-17-24(12-15-27(21)26)35-41-33(4,5)34(6,7)42-35/h11-12,14-17,19,23,25,29H,8-10,13,18H2,1-7H3,(H,36,37)/t23-,25+,29-/m0/s1. The smallest absolute Gasteiger partial charge is 0.444 e. The highest BCUT2D eigenvalue weighted by molar-refractivity contribution is 6.62. The molecule has 1 amide bonds. The summed E-state index contributed by atoms with van der Waals surface area (Å²) >= 11 is 0. The maximum Gasteiger partial charge on any atom is 0.494 e. The molecule has 3 fully saturated rings. The van der Waals surface area contributed by atoms with E-state index in [9.17, 15) is 4.79 Å². The number of hydrogen-bond acceptors (Lipinski definition) is 5. The van der Waals surface area contributed by atoms with E-state index in [-0.39, 0.29) is 36.5 Å². The summed E-state index contributed by atoms with van der Waals surface area (Å²) in [5.74, 6) is 1.28. The number of nitrogens with one attached hydrogen (secondary N) is 1. The van der Waals surface area contributed by atoms with Gasteiger partial charge in [0.15, 0.2) is 0 Å². The Labute approximate surface area is 249 Å². The first-order valence-electron chi connectivity index (χ1n) is 15.5. The van der Waals surface area contributed by atoms with E-state index < -0.39 is 5.60 Å². The van der Waals surface area contributed by atoms with Crippen LogP contribution in [0.3, 0.4) is 0 Å². The Kier molecular flexibility index (Phi) is 6.24. The lowest BCUT2D eigenvalue weighted by Gasteiger charge is -2.35. The average Bonchev–Trinajstić information content (AvgIpc) is 3.70. The predicted octanol–water partition coefficient (Wildman–Crippen LogP) is 6.60. The van der Waals surface area contributed by atoms with E-state index in [1.165, 1.54) is 22.3 Å². The number of carbonyl (C=O) groups excluding carboxylic acids is 1. The molecule has 0 unspecified atom stereocenters. The second-order valence-corrected chi connectivity index (χ2v) is 14.6. The van der Waals surface area contributed by atoms with E-state index in [1.54, 1.807) is 0 Å². The molecule has 2 bridgehead atoms. The SMILES string of the molecule is CC(C)(C)OC(=O)N1[C@@H]2CC[C@@H](C2)[C@H]1c1ncc(-c2ccc3c(c2)CCc2cc(B4OC(C)(C)C(C)(C)O4)ccc2-3)[nH]1. The molecule has 8 heteroatoms. The van der Waals surface area contributed by atoms with Gasteiger partial charge in [-0.05, 0) is 126 Å². The van der Waals surface area contributed by atoms with Crippen molar-refractivity contribution in [2.75, 3.05) is 0 Å². The van der Waals surface area contributed by atoms with Crippen molar-refractivity contribution in [3.05, 3.63) is 59.5 Å². The number of ether oxygens (including phenoxy) is 1. The van der Waals surface area contributed by atoms with Crippen LogP contribution < -0.4 is 5.46 Å². The van der Waals surface area contributed by atoms with Crippen LogP contribution >= 0.6 is 0 Å². The molecule has 2 aliphatic heterocycles. The van der Waals surface area contributed by atoms with Gasteiger partial charge >= 0.3 is 13.2 Å². The zero-order chi connectivity index (χ0) is 29.6. The number of aromatic amines is 1. The summed E-state index contributed by atoms with van der Waals surface area (Å²) in [5, 5.41) is 0. The van der Waals surface area contributed by atoms with Gasteiger partial charge in [-0.2, -0.15) is 0 Å². The topological polar surface area (TPSA) is 76.7 Å². The van der Waals surface area contributed by atoms with Crippen molar-refractivity contribution in [2.24, 2.45) is 5.92 Å². The zero-order valence-corrected chi connectivity index (χ0v) is 25.9. The number of amides is 1. The van der Waals surface area contributed by atoms with Gasteiger partial charge in [-0.1, -0.05) is 30.3 Å². The van der Waals surface area contributed by atoms with Gasteiger partial charge in [0, 0.05) is 6.04 Å². The molecule has 7 rings (SSSR count). The van der Waals surface area contributed by atoms with Crippen LogP contribution in [0.15, 0.2) is 42.6 Å². The van der Waals surface area contributed by atoms with Crippen LogP contribution in [0.4, 0.5) is 4.79 Å². The maximum absolute atomic E-state index is 13.2. The number of piperidine rings is 1. The summed E-state index contributed by atoms with van der Waals surface area (Å²) in [6.45, 7) is 14.1. The molecule has 1 N–H and O–H groups in total. The molecule has 220 valence electrons. The molecule has 3 heterocycles. The molecule has 7 nitrogen and oxygen atoms in total. The first-order valence-corrected chi connectivity index (χ1v) is 15.5. The van der Waals surface area contributed by atoms with Crippen LogP contribution in [-0.4, -0.2) is 50.9 Å². The summed E-state index contributed by atoms with van der Waals surface area (Å²) in [7, 11) is -0.347. The lowest BCUT2D eigenvalue weighted by atomic mass is 9.75. The summed E-state index contributed by atoms with van der Waals surface area (Å²) in [4.78, 5) is 23.5. The number of likely N-dealkylation sites (tertiary alicyclic amines) is 1. The summed E-state index contributed by atoms with van der Waals surface area (Å²) in [6.07, 6.45) is 6.83. The van der Waals surface area contributed by atoms with Crippen molar-refractivity contribution in [2.45, 2.75) is 109 Å². The second-order valence-electron chi connectivity index (χ2n) is 14.6. The third kappa shape index (κ3) is 4.58. The number of H-pyrrole nitrogens is 1. The average molecular weight is 568 g/mol. The number of aromatic nitrogens is 2. The largest absolute Gasteiger partial charge is 0.494 e. The Hall–Kier alpha value is -3.10. The van der Waals surface area contributed by atoms with Gasteiger partial charge < -0.3 is 19.0 Å². The van der Waals surface area contributed by atoms with Gasteiger partial charge in [0.1, 0.15) is 11.4 Å². The third-order valence-electron chi connectivity index (χ3n) is 10.1. The molecule has 0 radical (unpaired) electrons. The number of carbonyl (C=O) groups is 1. The minimum absolute atomic E-state index is 0.0602. The van der Waals surface area contributed by atoms with Crippen molar-refractivity contribution < 1.29 is 18.8 Å². The highest BCUT2D eigenvalue weighted by atomic mass is 16.7. The van der Waals surface area contributed by atoms with E-state index in [2.05, 4.69) is 69.1 Å². The van der Waals surface area contributed by atoms with Crippen LogP contribution in [-0.2, 0) is 26.9 Å². The molecular formula is C34H42BN3O4. The van der Waals surface area contributed by atoms with E-state index in [0.717, 1.165) is 54.6 Å². The number of aryl methyl sites for hydroxylation is 2. The molecular weight excluding hydrogens is 525 g/mol. The number of imidazole rings is 1. The lowest BCUT2D eigenvalue weighted by Crippen LogP contribution is -2.43. The molecule has 2 saturated heterocycles. The fraction of sp³-hybridized carbons (Fsp3) is 0.529. The van der Waals surface area contributed by atoms with Crippen LogP contribution in [0.2, 0.25) is 0 Å². The molecule has 1 saturated carbocycles. The fourth-order valence-corrected chi connectivity index (χ4v) is 7.26. The second kappa shape index (κ2) is 9.45. The van der Waals surface area contributed by atoms with Crippen LogP contribution in [0.1, 0.15) is 90.7 Å². The number of fused-ring (bicyclic) bond motifs is 5. The van der Waals surface area contributed by atoms with E-state index in [1.807, 2.05) is 31.9 Å². The first kappa shape index (κ1) is 27.7. The van der Waals surface area contributed by atoms with Gasteiger partial charge in [-0.25, -0.2) is 9.78 Å². The van der Waals surface area contributed by atoms with E-state index >= 15 is 0 Å². The normalized spacial score (nSPS) is 25.5. The molecule has 0 spiro atoms. The molecule has 2 aromatic carbocycles. The predicted molar refractivity (Wildman–Crippen MR) is 165 cm³/mol. The lowest BCUT2D eigenvalue weighted by molar-refractivity contribution is 0.00578. The van der Waals surface area contributed by atoms with Crippen molar-refractivity contribution in [1.29, 1.82) is 0 Å². The summed E-state index contributed by atoms with van der Waals surface area (Å²) in [6, 6.07) is 13.5. The first-order chi connectivity index (χ1) is 19.8. The molecule has 3 aromatic rings. The number of nitrogens with zero attached hydrogens (tertiary/aromatic N) is 2. The minimum Gasteiger partial charge on any atom is -0.444 e. The third-order valence-corrected chi connectivity index (χ3v) is 10.1.